The van der Waals surface area contributed by atoms with E-state index < -0.39 is 0 Å². The monoisotopic (exact) mass is 221 g/mol. The Morgan fingerprint density at radius 3 is 2.69 bits per heavy atom. The molecule has 0 unspecified atom stereocenters. The van der Waals surface area contributed by atoms with Crippen molar-refractivity contribution in [3.63, 3.8) is 0 Å². The first-order valence-electron chi connectivity index (χ1n) is 5.65. The van der Waals surface area contributed by atoms with Crippen LogP contribution in [0.3, 0.4) is 0 Å². The number of carbonyl (C=O) groups is 1. The van der Waals surface area contributed by atoms with E-state index in [9.17, 15) is 4.79 Å². The molecule has 1 amide bonds. The van der Waals surface area contributed by atoms with Crippen LogP contribution in [0, 0.1) is 5.92 Å². The quantitative estimate of drug-likeness (QED) is 0.845. The molecule has 1 rings (SSSR count). The van der Waals surface area contributed by atoms with Gasteiger partial charge in [-0.25, -0.2) is 4.79 Å². The first kappa shape index (κ1) is 12.6. The van der Waals surface area contributed by atoms with Gasteiger partial charge in [-0.15, -0.1) is 0 Å². The van der Waals surface area contributed by atoms with Crippen molar-refractivity contribution in [1.82, 2.24) is 0 Å². The first-order valence-corrected chi connectivity index (χ1v) is 5.65. The van der Waals surface area contributed by atoms with Gasteiger partial charge in [-0.3, -0.25) is 5.32 Å². The molecule has 0 aromatic heterocycles. The van der Waals surface area contributed by atoms with Gasteiger partial charge in [-0.2, -0.15) is 0 Å². The lowest BCUT2D eigenvalue weighted by Gasteiger charge is -2.11. The molecule has 0 saturated heterocycles. The van der Waals surface area contributed by atoms with E-state index in [2.05, 4.69) is 12.2 Å². The van der Waals surface area contributed by atoms with Gasteiger partial charge in [-0.1, -0.05) is 39.0 Å². The van der Waals surface area contributed by atoms with E-state index in [1.807, 2.05) is 38.1 Å². The molecule has 0 atom stereocenters. The molecule has 0 aliphatic carbocycles. The highest BCUT2D eigenvalue weighted by molar-refractivity contribution is 5.85. The number of amides is 1. The van der Waals surface area contributed by atoms with E-state index in [1.54, 1.807) is 0 Å². The lowest BCUT2D eigenvalue weighted by atomic mass is 10.1. The number of para-hydroxylation sites is 1. The molecule has 88 valence electrons. The predicted octanol–water partition coefficient (Wildman–Crippen LogP) is 3.45. The lowest BCUT2D eigenvalue weighted by Crippen LogP contribution is -2.17. The molecule has 1 N–H and O–H groups in total. The van der Waals surface area contributed by atoms with Crippen molar-refractivity contribution < 1.29 is 9.53 Å². The van der Waals surface area contributed by atoms with Crippen molar-refractivity contribution in [2.45, 2.75) is 27.2 Å². The third-order valence-electron chi connectivity index (χ3n) is 2.18. The fraction of sp³-hybridized carbons (Fsp3) is 0.462. The molecular formula is C13H19NO2. The average Bonchev–Trinajstić information content (AvgIpc) is 2.27. The Labute approximate surface area is 96.8 Å². The van der Waals surface area contributed by atoms with Crippen LogP contribution >= 0.6 is 0 Å². The number of anilines is 1. The van der Waals surface area contributed by atoms with Crippen molar-refractivity contribution in [3.8, 4) is 0 Å². The maximum absolute atomic E-state index is 11.5. The van der Waals surface area contributed by atoms with Gasteiger partial charge in [-0.05, 0) is 24.0 Å². The van der Waals surface area contributed by atoms with Crippen LogP contribution in [0.25, 0.3) is 0 Å². The fourth-order valence-electron chi connectivity index (χ4n) is 1.34. The van der Waals surface area contributed by atoms with Crippen LogP contribution in [0.4, 0.5) is 10.5 Å². The third-order valence-corrected chi connectivity index (χ3v) is 2.18. The SMILES string of the molecule is CCc1ccccc1NC(=O)OCC(C)C. The molecule has 0 bridgehead atoms. The minimum absolute atomic E-state index is 0.354. The Bertz CT molecular complexity index is 348. The molecule has 0 aliphatic rings. The van der Waals surface area contributed by atoms with E-state index in [1.165, 1.54) is 0 Å². The zero-order valence-electron chi connectivity index (χ0n) is 10.1. The summed E-state index contributed by atoms with van der Waals surface area (Å²) in [5.41, 5.74) is 1.95. The van der Waals surface area contributed by atoms with E-state index in [-0.39, 0.29) is 6.09 Å². The topological polar surface area (TPSA) is 38.3 Å². The summed E-state index contributed by atoms with van der Waals surface area (Å²) in [6, 6.07) is 7.74. The highest BCUT2D eigenvalue weighted by atomic mass is 16.5. The number of aryl methyl sites for hydroxylation is 1. The van der Waals surface area contributed by atoms with E-state index in [4.69, 9.17) is 4.74 Å². The molecular weight excluding hydrogens is 202 g/mol. The number of nitrogens with one attached hydrogen (secondary N) is 1. The summed E-state index contributed by atoms with van der Waals surface area (Å²) in [5, 5.41) is 2.76. The largest absolute Gasteiger partial charge is 0.449 e. The summed E-state index contributed by atoms with van der Waals surface area (Å²) in [4.78, 5) is 11.5. The van der Waals surface area contributed by atoms with Gasteiger partial charge >= 0.3 is 6.09 Å². The summed E-state index contributed by atoms with van der Waals surface area (Å²) in [6.45, 7) is 6.51. The van der Waals surface area contributed by atoms with Crippen molar-refractivity contribution in [3.05, 3.63) is 29.8 Å². The summed E-state index contributed by atoms with van der Waals surface area (Å²) in [6.07, 6.45) is 0.510. The van der Waals surface area contributed by atoms with Crippen molar-refractivity contribution in [2.24, 2.45) is 5.92 Å². The summed E-state index contributed by atoms with van der Waals surface area (Å²) in [5.74, 6) is 0.354. The number of rotatable bonds is 4. The van der Waals surface area contributed by atoms with Crippen LogP contribution in [0.5, 0.6) is 0 Å². The van der Waals surface area contributed by atoms with Gasteiger partial charge in [0.2, 0.25) is 0 Å². The van der Waals surface area contributed by atoms with E-state index in [0.717, 1.165) is 17.7 Å². The normalized spacial score (nSPS) is 10.2. The zero-order valence-corrected chi connectivity index (χ0v) is 10.1. The molecule has 0 spiro atoms. The molecule has 0 radical (unpaired) electrons. The molecule has 0 saturated carbocycles. The molecule has 0 aliphatic heterocycles. The maximum Gasteiger partial charge on any atom is 0.411 e. The molecule has 0 heterocycles. The van der Waals surface area contributed by atoms with Crippen LogP contribution in [0.1, 0.15) is 26.3 Å². The number of hydrogen-bond acceptors (Lipinski definition) is 2. The number of ether oxygens (including phenoxy) is 1. The Kier molecular flexibility index (Phi) is 4.83. The second-order valence-electron chi connectivity index (χ2n) is 4.13. The van der Waals surface area contributed by atoms with E-state index in [0.29, 0.717) is 12.5 Å². The molecule has 16 heavy (non-hydrogen) atoms. The smallest absolute Gasteiger partial charge is 0.411 e. The van der Waals surface area contributed by atoms with Gasteiger partial charge in [0, 0.05) is 5.69 Å². The molecule has 1 aromatic carbocycles. The fourth-order valence-corrected chi connectivity index (χ4v) is 1.34. The number of benzene rings is 1. The summed E-state index contributed by atoms with van der Waals surface area (Å²) in [7, 11) is 0. The van der Waals surface area contributed by atoms with Gasteiger partial charge in [0.1, 0.15) is 0 Å². The predicted molar refractivity (Wildman–Crippen MR) is 65.6 cm³/mol. The summed E-state index contributed by atoms with van der Waals surface area (Å²) < 4.78 is 5.06. The Morgan fingerprint density at radius 2 is 2.06 bits per heavy atom. The lowest BCUT2D eigenvalue weighted by molar-refractivity contribution is 0.147. The minimum atomic E-state index is -0.380. The van der Waals surface area contributed by atoms with Crippen LogP contribution in [-0.4, -0.2) is 12.7 Å². The highest BCUT2D eigenvalue weighted by Crippen LogP contribution is 2.15. The highest BCUT2D eigenvalue weighted by Gasteiger charge is 2.06. The van der Waals surface area contributed by atoms with Gasteiger partial charge in [0.05, 0.1) is 6.61 Å². The van der Waals surface area contributed by atoms with Gasteiger partial charge in [0.15, 0.2) is 0 Å². The van der Waals surface area contributed by atoms with Gasteiger partial charge in [0.25, 0.3) is 0 Å². The molecule has 0 fully saturated rings. The molecule has 3 nitrogen and oxygen atoms in total. The second kappa shape index (κ2) is 6.16. The molecule has 1 aromatic rings. The van der Waals surface area contributed by atoms with Crippen LogP contribution in [0.15, 0.2) is 24.3 Å². The van der Waals surface area contributed by atoms with Crippen LogP contribution in [-0.2, 0) is 11.2 Å². The Morgan fingerprint density at radius 1 is 1.38 bits per heavy atom. The first-order chi connectivity index (χ1) is 7.63. The van der Waals surface area contributed by atoms with Crippen molar-refractivity contribution in [1.29, 1.82) is 0 Å². The standard InChI is InChI=1S/C13H19NO2/c1-4-11-7-5-6-8-12(11)14-13(15)16-9-10(2)3/h5-8,10H,4,9H2,1-3H3,(H,14,15). The van der Waals surface area contributed by atoms with E-state index >= 15 is 0 Å². The van der Waals surface area contributed by atoms with Crippen LogP contribution < -0.4 is 5.32 Å². The summed E-state index contributed by atoms with van der Waals surface area (Å²) >= 11 is 0. The van der Waals surface area contributed by atoms with Crippen molar-refractivity contribution >= 4 is 11.8 Å². The van der Waals surface area contributed by atoms with Crippen molar-refractivity contribution in [2.75, 3.05) is 11.9 Å². The Balaban J connectivity index is 2.55. The number of carbonyl (C=O) groups excluding carboxylic acids is 1. The Hall–Kier alpha value is -1.51. The minimum Gasteiger partial charge on any atom is -0.449 e. The maximum atomic E-state index is 11.5. The second-order valence-corrected chi connectivity index (χ2v) is 4.13. The average molecular weight is 221 g/mol. The molecule has 3 heteroatoms. The third kappa shape index (κ3) is 3.93. The van der Waals surface area contributed by atoms with Crippen LogP contribution in [0.2, 0.25) is 0 Å². The number of hydrogen-bond donors (Lipinski definition) is 1. The zero-order chi connectivity index (χ0) is 12.0. The van der Waals surface area contributed by atoms with Gasteiger partial charge < -0.3 is 4.74 Å².